The van der Waals surface area contributed by atoms with E-state index in [1.165, 1.54) is 12.7 Å². The van der Waals surface area contributed by atoms with Crippen LogP contribution in [0, 0.1) is 11.3 Å². The van der Waals surface area contributed by atoms with E-state index < -0.39 is 11.5 Å². The largest absolute Gasteiger partial charge is 0.396 e. The van der Waals surface area contributed by atoms with Crippen LogP contribution in [-0.2, 0) is 0 Å². The number of carbonyl (C=O) groups is 1. The molecule has 1 amide bonds. The molecule has 2 N–H and O–H groups in total. The highest BCUT2D eigenvalue weighted by molar-refractivity contribution is 5.93. The first-order chi connectivity index (χ1) is 14.1. The SMILES string of the molecule is O=C(c1cccc(-n2cnnc2)n1)N1C[C@H](O)[C@@]2(C1)[C@H](CO)[C@H]2c1ccccc1. The Morgan fingerprint density at radius 3 is 2.59 bits per heavy atom. The molecule has 2 aliphatic rings. The topological polar surface area (TPSA) is 104 Å². The van der Waals surface area contributed by atoms with Crippen molar-refractivity contribution in [2.75, 3.05) is 19.7 Å². The number of β-amino-alcohol motifs (C(OH)–C–C–N with tert-alkyl or cyclic N) is 1. The molecule has 1 aliphatic heterocycles. The number of likely N-dealkylation sites (tertiary alicyclic amines) is 1. The molecule has 3 aromatic rings. The minimum absolute atomic E-state index is 0.0139. The lowest BCUT2D eigenvalue weighted by Gasteiger charge is -2.17. The van der Waals surface area contributed by atoms with Crippen molar-refractivity contribution in [2.24, 2.45) is 11.3 Å². The number of benzene rings is 1. The number of carbonyl (C=O) groups excluding carboxylic acids is 1. The Labute approximate surface area is 167 Å². The normalized spacial score (nSPS) is 28.1. The first-order valence-electron chi connectivity index (χ1n) is 9.60. The Morgan fingerprint density at radius 2 is 1.86 bits per heavy atom. The molecule has 1 saturated carbocycles. The number of pyridine rings is 1. The van der Waals surface area contributed by atoms with Crippen LogP contribution in [0.2, 0.25) is 0 Å². The van der Waals surface area contributed by atoms with Crippen molar-refractivity contribution in [2.45, 2.75) is 12.0 Å². The highest BCUT2D eigenvalue weighted by Crippen LogP contribution is 2.68. The average molecular weight is 391 g/mol. The van der Waals surface area contributed by atoms with E-state index in [2.05, 4.69) is 15.2 Å². The summed E-state index contributed by atoms with van der Waals surface area (Å²) >= 11 is 0. The van der Waals surface area contributed by atoms with Crippen LogP contribution in [0.4, 0.5) is 0 Å². The average Bonchev–Trinajstić information content (AvgIpc) is 3.05. The molecule has 3 heterocycles. The molecule has 148 valence electrons. The Bertz CT molecular complexity index is 1030. The molecular weight excluding hydrogens is 370 g/mol. The summed E-state index contributed by atoms with van der Waals surface area (Å²) in [6.45, 7) is 0.619. The van der Waals surface area contributed by atoms with Crippen LogP contribution in [0.25, 0.3) is 5.82 Å². The van der Waals surface area contributed by atoms with E-state index in [0.29, 0.717) is 18.1 Å². The van der Waals surface area contributed by atoms with Gasteiger partial charge in [-0.2, -0.15) is 0 Å². The molecule has 1 aromatic carbocycles. The molecule has 2 aromatic heterocycles. The van der Waals surface area contributed by atoms with Crippen LogP contribution in [-0.4, -0.2) is 66.6 Å². The van der Waals surface area contributed by atoms with Gasteiger partial charge in [0.15, 0.2) is 0 Å². The quantitative estimate of drug-likeness (QED) is 0.684. The van der Waals surface area contributed by atoms with E-state index in [9.17, 15) is 15.0 Å². The number of nitrogens with zero attached hydrogens (tertiary/aromatic N) is 5. The van der Waals surface area contributed by atoms with Crippen molar-refractivity contribution >= 4 is 5.91 Å². The summed E-state index contributed by atoms with van der Waals surface area (Å²) in [5.74, 6) is 0.301. The molecule has 1 spiro atoms. The summed E-state index contributed by atoms with van der Waals surface area (Å²) in [5, 5.41) is 28.3. The molecule has 8 nitrogen and oxygen atoms in total. The Kier molecular flexibility index (Phi) is 4.18. The minimum Gasteiger partial charge on any atom is -0.396 e. The Morgan fingerprint density at radius 1 is 1.10 bits per heavy atom. The summed E-state index contributed by atoms with van der Waals surface area (Å²) in [4.78, 5) is 19.2. The van der Waals surface area contributed by atoms with Crippen LogP contribution < -0.4 is 0 Å². The lowest BCUT2D eigenvalue weighted by atomic mass is 9.95. The van der Waals surface area contributed by atoms with Crippen molar-refractivity contribution in [3.63, 3.8) is 0 Å². The van der Waals surface area contributed by atoms with Crippen LogP contribution in [0.3, 0.4) is 0 Å². The molecule has 29 heavy (non-hydrogen) atoms. The molecule has 5 rings (SSSR count). The molecule has 0 radical (unpaired) electrons. The van der Waals surface area contributed by atoms with Crippen molar-refractivity contribution in [1.82, 2.24) is 24.6 Å². The van der Waals surface area contributed by atoms with Gasteiger partial charge in [-0.15, -0.1) is 10.2 Å². The maximum atomic E-state index is 13.1. The second kappa shape index (κ2) is 6.75. The van der Waals surface area contributed by atoms with Gasteiger partial charge < -0.3 is 15.1 Å². The lowest BCUT2D eigenvalue weighted by molar-refractivity contribution is 0.0758. The highest BCUT2D eigenvalue weighted by Gasteiger charge is 2.71. The van der Waals surface area contributed by atoms with Crippen molar-refractivity contribution in [1.29, 1.82) is 0 Å². The number of aliphatic hydroxyl groups is 2. The first kappa shape index (κ1) is 18.0. The first-order valence-corrected chi connectivity index (χ1v) is 9.60. The molecule has 8 heteroatoms. The molecule has 2 fully saturated rings. The Balaban J connectivity index is 1.40. The minimum atomic E-state index is -0.685. The summed E-state index contributed by atoms with van der Waals surface area (Å²) < 4.78 is 1.63. The monoisotopic (exact) mass is 391 g/mol. The van der Waals surface area contributed by atoms with E-state index in [-0.39, 0.29) is 30.9 Å². The maximum Gasteiger partial charge on any atom is 0.272 e. The zero-order valence-electron chi connectivity index (χ0n) is 15.7. The summed E-state index contributed by atoms with van der Waals surface area (Å²) in [6, 6.07) is 15.1. The molecule has 4 atom stereocenters. The predicted molar refractivity (Wildman–Crippen MR) is 103 cm³/mol. The smallest absolute Gasteiger partial charge is 0.272 e. The molecule has 0 bridgehead atoms. The molecule has 1 aliphatic carbocycles. The third-order valence-corrected chi connectivity index (χ3v) is 6.32. The van der Waals surface area contributed by atoms with Gasteiger partial charge in [0.05, 0.1) is 6.10 Å². The van der Waals surface area contributed by atoms with E-state index >= 15 is 0 Å². The van der Waals surface area contributed by atoms with Crippen LogP contribution >= 0.6 is 0 Å². The van der Waals surface area contributed by atoms with Gasteiger partial charge in [0.1, 0.15) is 24.2 Å². The van der Waals surface area contributed by atoms with E-state index in [0.717, 1.165) is 5.56 Å². The van der Waals surface area contributed by atoms with Gasteiger partial charge in [-0.25, -0.2) is 4.98 Å². The maximum absolute atomic E-state index is 13.1. The number of aliphatic hydroxyl groups excluding tert-OH is 2. The van der Waals surface area contributed by atoms with Gasteiger partial charge in [-0.1, -0.05) is 36.4 Å². The number of aromatic nitrogens is 4. The molecule has 0 unspecified atom stereocenters. The summed E-state index contributed by atoms with van der Waals surface area (Å²) in [6.07, 6.45) is 2.35. The fourth-order valence-corrected chi connectivity index (χ4v) is 4.89. The fourth-order valence-electron chi connectivity index (χ4n) is 4.89. The summed E-state index contributed by atoms with van der Waals surface area (Å²) in [7, 11) is 0. The second-order valence-electron chi connectivity index (χ2n) is 7.74. The zero-order valence-corrected chi connectivity index (χ0v) is 15.7. The fraction of sp³-hybridized carbons (Fsp3) is 0.333. The second-order valence-corrected chi connectivity index (χ2v) is 7.74. The Hall–Kier alpha value is -3.10. The van der Waals surface area contributed by atoms with Gasteiger partial charge in [-0.05, 0) is 29.5 Å². The molecule has 1 saturated heterocycles. The molecular formula is C21H21N5O3. The number of hydrogen-bond acceptors (Lipinski definition) is 6. The highest BCUT2D eigenvalue weighted by atomic mass is 16.3. The third kappa shape index (κ3) is 2.75. The lowest BCUT2D eigenvalue weighted by Crippen LogP contribution is -2.30. The van der Waals surface area contributed by atoms with Gasteiger partial charge in [-0.3, -0.25) is 9.36 Å². The van der Waals surface area contributed by atoms with Crippen molar-refractivity contribution < 1.29 is 15.0 Å². The van der Waals surface area contributed by atoms with Gasteiger partial charge in [0.25, 0.3) is 5.91 Å². The standard InChI is InChI=1S/C21H21N5O3/c27-10-15-19(14-5-2-1-3-6-14)21(15)11-25(9-17(21)28)20(29)16-7-4-8-18(24-16)26-12-22-23-13-26/h1-8,12-13,15,17,19,27-28H,9-11H2/t15-,17+,19-,21-/m1/s1. The van der Waals surface area contributed by atoms with E-state index in [1.54, 1.807) is 27.7 Å². The van der Waals surface area contributed by atoms with Gasteiger partial charge in [0.2, 0.25) is 0 Å². The van der Waals surface area contributed by atoms with Crippen LogP contribution in [0.15, 0.2) is 61.2 Å². The van der Waals surface area contributed by atoms with Gasteiger partial charge in [0, 0.05) is 25.1 Å². The zero-order chi connectivity index (χ0) is 20.0. The predicted octanol–water partition coefficient (Wildman–Crippen LogP) is 0.871. The van der Waals surface area contributed by atoms with Crippen LogP contribution in [0.5, 0.6) is 0 Å². The van der Waals surface area contributed by atoms with Gasteiger partial charge >= 0.3 is 0 Å². The third-order valence-electron chi connectivity index (χ3n) is 6.32. The van der Waals surface area contributed by atoms with Crippen molar-refractivity contribution in [3.05, 3.63) is 72.4 Å². The van der Waals surface area contributed by atoms with E-state index in [4.69, 9.17) is 0 Å². The van der Waals surface area contributed by atoms with Crippen LogP contribution in [0.1, 0.15) is 22.0 Å². The van der Waals surface area contributed by atoms with E-state index in [1.807, 2.05) is 30.3 Å². The summed E-state index contributed by atoms with van der Waals surface area (Å²) in [5.41, 5.74) is 0.892. The number of hydrogen-bond donors (Lipinski definition) is 2. The van der Waals surface area contributed by atoms with Crippen molar-refractivity contribution in [3.8, 4) is 5.82 Å². The number of rotatable bonds is 4. The number of amides is 1.